The van der Waals surface area contributed by atoms with Crippen molar-refractivity contribution >= 4 is 13.8 Å². The number of hydrogen-bond acceptors (Lipinski definition) is 11. The van der Waals surface area contributed by atoms with Crippen LogP contribution < -0.4 is 0 Å². The van der Waals surface area contributed by atoms with Crippen LogP contribution in [0.5, 0.6) is 0 Å². The first-order valence-electron chi connectivity index (χ1n) is 24.2. The van der Waals surface area contributed by atoms with Gasteiger partial charge in [0.05, 0.1) is 13.2 Å². The van der Waals surface area contributed by atoms with Crippen LogP contribution in [-0.4, -0.2) is 98.9 Å². The number of rotatable bonds is 41. The first-order chi connectivity index (χ1) is 29.0. The summed E-state index contributed by atoms with van der Waals surface area (Å²) in [4.78, 5) is 23.2. The molecule has 6 unspecified atom stereocenters. The van der Waals surface area contributed by atoms with Crippen LogP contribution in [-0.2, 0) is 27.9 Å². The Hall–Kier alpha value is -1.18. The molecule has 0 spiro atoms. The molecule has 0 aromatic rings. The third kappa shape index (κ3) is 30.0. The molecule has 6 N–H and O–H groups in total. The van der Waals surface area contributed by atoms with E-state index in [0.29, 0.717) is 13.0 Å². The van der Waals surface area contributed by atoms with Gasteiger partial charge in [0.25, 0.3) is 0 Å². The first kappa shape index (κ1) is 56.8. The van der Waals surface area contributed by atoms with Gasteiger partial charge in [0.2, 0.25) is 0 Å². The molecule has 354 valence electrons. The van der Waals surface area contributed by atoms with E-state index in [1.54, 1.807) is 0 Å². The van der Waals surface area contributed by atoms with Crippen LogP contribution in [0.4, 0.5) is 0 Å². The lowest BCUT2D eigenvalue weighted by atomic mass is 9.85. The fraction of sp³-hybridized carbons (Fsp3) is 0.894. The lowest BCUT2D eigenvalue weighted by Crippen LogP contribution is -2.64. The number of carbonyl (C=O) groups excluding carboxylic acids is 1. The average Bonchev–Trinajstić information content (AvgIpc) is 3.23. The largest absolute Gasteiger partial charge is 0.472 e. The van der Waals surface area contributed by atoms with Crippen molar-refractivity contribution in [1.29, 1.82) is 0 Å². The fourth-order valence-corrected chi connectivity index (χ4v) is 8.38. The van der Waals surface area contributed by atoms with Gasteiger partial charge in [-0.3, -0.25) is 13.8 Å². The lowest BCUT2D eigenvalue weighted by molar-refractivity contribution is -0.220. The van der Waals surface area contributed by atoms with Gasteiger partial charge in [-0.25, -0.2) is 4.57 Å². The molecule has 6 atom stereocenters. The van der Waals surface area contributed by atoms with E-state index in [1.165, 1.54) is 128 Å². The van der Waals surface area contributed by atoms with E-state index in [2.05, 4.69) is 38.2 Å². The highest BCUT2D eigenvalue weighted by Crippen LogP contribution is 2.47. The zero-order chi connectivity index (χ0) is 44.1. The third-order valence-corrected chi connectivity index (χ3v) is 12.3. The maximum Gasteiger partial charge on any atom is 0.472 e. The van der Waals surface area contributed by atoms with Crippen LogP contribution in [0.1, 0.15) is 206 Å². The molecule has 0 saturated heterocycles. The molecule has 1 aliphatic carbocycles. The summed E-state index contributed by atoms with van der Waals surface area (Å²) in [5, 5.41) is 50.2. The lowest BCUT2D eigenvalue weighted by Gasteiger charge is -2.41. The van der Waals surface area contributed by atoms with E-state index in [4.69, 9.17) is 18.5 Å². The second-order valence-electron chi connectivity index (χ2n) is 17.0. The summed E-state index contributed by atoms with van der Waals surface area (Å²) in [7, 11) is -5.02. The van der Waals surface area contributed by atoms with Crippen molar-refractivity contribution in [1.82, 2.24) is 0 Å². The predicted molar refractivity (Wildman–Crippen MR) is 240 cm³/mol. The maximum atomic E-state index is 12.8. The Morgan fingerprint density at radius 1 is 0.517 bits per heavy atom. The second kappa shape index (κ2) is 38.3. The summed E-state index contributed by atoms with van der Waals surface area (Å²) in [6, 6.07) is 0. The minimum atomic E-state index is -5.02. The van der Waals surface area contributed by atoms with Crippen molar-refractivity contribution < 1.29 is 58.3 Å². The number of phosphoric ester groups is 1. The number of unbranched alkanes of at least 4 members (excludes halogenated alkanes) is 25. The number of hydrogen-bond donors (Lipinski definition) is 6. The smallest absolute Gasteiger partial charge is 0.457 e. The number of carbonyl (C=O) groups is 1. The zero-order valence-electron chi connectivity index (χ0n) is 37.8. The molecule has 0 heterocycles. The van der Waals surface area contributed by atoms with E-state index in [1.807, 2.05) is 0 Å². The van der Waals surface area contributed by atoms with E-state index in [0.717, 1.165) is 51.4 Å². The highest BCUT2D eigenvalue weighted by molar-refractivity contribution is 7.47. The zero-order valence-corrected chi connectivity index (χ0v) is 38.7. The Kier molecular flexibility index (Phi) is 36.3. The first-order valence-corrected chi connectivity index (χ1v) is 25.7. The van der Waals surface area contributed by atoms with Crippen LogP contribution in [0.25, 0.3) is 0 Å². The summed E-state index contributed by atoms with van der Waals surface area (Å²) >= 11 is 0. The monoisotopic (exact) mass is 877 g/mol. The molecule has 0 amide bonds. The Labute approximate surface area is 364 Å². The SMILES string of the molecule is CCCCCC/C=C\CCCCCCCCOCC(COP(=O)(O)OC1C(O)C(O)C(O)C(O)C1O)OC(=O)CCCCCCCCCCC/C=C\CCCCCCCC. The van der Waals surface area contributed by atoms with Crippen LogP contribution in [0.2, 0.25) is 0 Å². The average molecular weight is 877 g/mol. The number of esters is 1. The summed E-state index contributed by atoms with van der Waals surface area (Å²) in [5.74, 6) is -0.480. The van der Waals surface area contributed by atoms with Crippen molar-refractivity contribution in [3.63, 3.8) is 0 Å². The maximum absolute atomic E-state index is 12.8. The van der Waals surface area contributed by atoms with E-state index in [9.17, 15) is 39.8 Å². The van der Waals surface area contributed by atoms with Crippen LogP contribution >= 0.6 is 7.82 Å². The van der Waals surface area contributed by atoms with E-state index in [-0.39, 0.29) is 13.0 Å². The van der Waals surface area contributed by atoms with Crippen LogP contribution in [0, 0.1) is 0 Å². The molecule has 13 heteroatoms. The van der Waals surface area contributed by atoms with Crippen molar-refractivity contribution in [2.24, 2.45) is 0 Å². The number of allylic oxidation sites excluding steroid dienone is 4. The molecular weight excluding hydrogens is 787 g/mol. The number of aliphatic hydroxyl groups excluding tert-OH is 5. The van der Waals surface area contributed by atoms with Crippen LogP contribution in [0.15, 0.2) is 24.3 Å². The van der Waals surface area contributed by atoms with Crippen molar-refractivity contribution in [2.45, 2.75) is 249 Å². The van der Waals surface area contributed by atoms with Crippen molar-refractivity contribution in [3.05, 3.63) is 24.3 Å². The standard InChI is InChI=1S/C47H89O12P/c1-3-5-7-9-11-13-15-17-19-20-21-22-23-24-26-28-30-32-34-36-41(48)58-40(38-56-37-35-33-31-29-27-25-18-16-14-12-10-8-6-4-2)39-57-60(54,55)59-47-45(52)43(50)42(49)44(51)46(47)53/h14,16-17,19,40,42-47,49-53H,3-13,15,18,20-39H2,1-2H3,(H,54,55)/b16-14-,19-17-. The fourth-order valence-electron chi connectivity index (χ4n) is 7.40. The van der Waals surface area contributed by atoms with Gasteiger partial charge in [-0.2, -0.15) is 0 Å². The normalized spacial score (nSPS) is 22.5. The Bertz CT molecular complexity index is 1090. The molecule has 0 bridgehead atoms. The Morgan fingerprint density at radius 2 is 0.883 bits per heavy atom. The highest BCUT2D eigenvalue weighted by atomic mass is 31.2. The number of phosphoric acid groups is 1. The molecule has 60 heavy (non-hydrogen) atoms. The van der Waals surface area contributed by atoms with Crippen molar-refractivity contribution in [2.75, 3.05) is 19.8 Å². The molecule has 1 fully saturated rings. The topological polar surface area (TPSA) is 192 Å². The van der Waals surface area contributed by atoms with Crippen LogP contribution in [0.3, 0.4) is 0 Å². The molecule has 12 nitrogen and oxygen atoms in total. The number of aliphatic hydroxyl groups is 5. The molecule has 0 aliphatic heterocycles. The molecule has 0 aromatic heterocycles. The van der Waals surface area contributed by atoms with Gasteiger partial charge in [-0.1, -0.05) is 160 Å². The summed E-state index contributed by atoms with van der Waals surface area (Å²) in [5.41, 5.74) is 0. The van der Waals surface area contributed by atoms with Gasteiger partial charge in [0, 0.05) is 13.0 Å². The molecular formula is C47H89O12P. The number of ether oxygens (including phenoxy) is 2. The molecule has 1 rings (SSSR count). The second-order valence-corrected chi connectivity index (χ2v) is 18.4. The molecule has 1 saturated carbocycles. The van der Waals surface area contributed by atoms with Gasteiger partial charge in [0.15, 0.2) is 0 Å². The molecule has 0 radical (unpaired) electrons. The predicted octanol–water partition coefficient (Wildman–Crippen LogP) is 10.1. The minimum absolute atomic E-state index is 0.0791. The summed E-state index contributed by atoms with van der Waals surface area (Å²) in [6.45, 7) is 4.24. The van der Waals surface area contributed by atoms with E-state index >= 15 is 0 Å². The Morgan fingerprint density at radius 3 is 1.33 bits per heavy atom. The molecule has 0 aromatic carbocycles. The minimum Gasteiger partial charge on any atom is -0.457 e. The summed E-state index contributed by atoms with van der Waals surface area (Å²) < 4.78 is 34.2. The van der Waals surface area contributed by atoms with Gasteiger partial charge in [-0.05, 0) is 64.2 Å². The summed E-state index contributed by atoms with van der Waals surface area (Å²) in [6.07, 6.45) is 31.0. The Balaban J connectivity index is 2.37. The third-order valence-electron chi connectivity index (χ3n) is 11.3. The highest BCUT2D eigenvalue weighted by Gasteiger charge is 2.51. The quantitative estimate of drug-likeness (QED) is 0.0148. The molecule has 1 aliphatic rings. The van der Waals surface area contributed by atoms with Gasteiger partial charge in [-0.15, -0.1) is 0 Å². The van der Waals surface area contributed by atoms with Gasteiger partial charge < -0.3 is 39.9 Å². The van der Waals surface area contributed by atoms with E-state index < -0.39 is 63.1 Å². The van der Waals surface area contributed by atoms with Crippen molar-refractivity contribution in [3.8, 4) is 0 Å². The van der Waals surface area contributed by atoms with Gasteiger partial charge >= 0.3 is 13.8 Å². The van der Waals surface area contributed by atoms with Gasteiger partial charge in [0.1, 0.15) is 42.7 Å².